The topological polar surface area (TPSA) is 46.2 Å². The molecule has 0 saturated heterocycles. The summed E-state index contributed by atoms with van der Waals surface area (Å²) in [5, 5.41) is 0.303. The lowest BCUT2D eigenvalue weighted by atomic mass is 9.80. The van der Waals surface area contributed by atoms with Gasteiger partial charge in [0.15, 0.2) is 9.84 Å². The minimum absolute atomic E-state index is 0.0336. The van der Waals surface area contributed by atoms with E-state index in [0.717, 1.165) is 18.2 Å². The molecule has 0 aromatic heterocycles. The van der Waals surface area contributed by atoms with Crippen molar-refractivity contribution in [3.05, 3.63) is 64.7 Å². The molecule has 1 fully saturated rings. The van der Waals surface area contributed by atoms with E-state index < -0.39 is 49.7 Å². The third-order valence-electron chi connectivity index (χ3n) is 5.19. The fourth-order valence-electron chi connectivity index (χ4n) is 3.72. The Bertz CT molecular complexity index is 1000. The van der Waals surface area contributed by atoms with Gasteiger partial charge >= 0.3 is 5.51 Å². The first-order valence-corrected chi connectivity index (χ1v) is 11.6. The first kappa shape index (κ1) is 23.3. The van der Waals surface area contributed by atoms with E-state index >= 15 is 0 Å². The molecular formula is C19H17ClF5NO2S2. The number of hydrogen-bond acceptors (Lipinski definition) is 4. The molecule has 0 heterocycles. The number of rotatable bonds is 5. The van der Waals surface area contributed by atoms with Crippen molar-refractivity contribution >= 4 is 33.4 Å². The van der Waals surface area contributed by atoms with Gasteiger partial charge in [-0.2, -0.15) is 13.2 Å². The Hall–Kier alpha value is -1.36. The maximum atomic E-state index is 14.7. The molecule has 0 atom stereocenters. The summed E-state index contributed by atoms with van der Waals surface area (Å²) >= 11 is 5.43. The second kappa shape index (κ2) is 8.64. The number of hydrogen-bond donors (Lipinski definition) is 1. The van der Waals surface area contributed by atoms with E-state index in [4.69, 9.17) is 11.6 Å². The van der Waals surface area contributed by atoms with Crippen LogP contribution in [0.3, 0.4) is 0 Å². The van der Waals surface area contributed by atoms with Crippen molar-refractivity contribution in [1.82, 2.24) is 4.72 Å². The zero-order valence-corrected chi connectivity index (χ0v) is 17.7. The van der Waals surface area contributed by atoms with Crippen LogP contribution in [0.5, 0.6) is 0 Å². The van der Waals surface area contributed by atoms with Crippen LogP contribution in [0, 0.1) is 11.6 Å². The smallest absolute Gasteiger partial charge is 0.254 e. The lowest BCUT2D eigenvalue weighted by Gasteiger charge is -2.40. The van der Waals surface area contributed by atoms with Gasteiger partial charge < -0.3 is 0 Å². The van der Waals surface area contributed by atoms with Crippen LogP contribution in [0.2, 0.25) is 5.02 Å². The van der Waals surface area contributed by atoms with Crippen molar-refractivity contribution in [2.75, 3.05) is 0 Å². The van der Waals surface area contributed by atoms with Crippen molar-refractivity contribution in [2.45, 2.75) is 46.9 Å². The quantitative estimate of drug-likeness (QED) is 0.417. The summed E-state index contributed by atoms with van der Waals surface area (Å²) in [6.07, 6.45) is -0.277. The highest BCUT2D eigenvalue weighted by Crippen LogP contribution is 2.48. The predicted molar refractivity (Wildman–Crippen MR) is 106 cm³/mol. The minimum Gasteiger partial charge on any atom is -0.254 e. The molecule has 11 heteroatoms. The lowest BCUT2D eigenvalue weighted by molar-refractivity contribution is -0.0339. The van der Waals surface area contributed by atoms with E-state index in [1.54, 1.807) is 0 Å². The Balaban J connectivity index is 2.01. The van der Waals surface area contributed by atoms with Crippen LogP contribution in [-0.4, -0.2) is 20.0 Å². The normalized spacial score (nSPS) is 22.8. The molecule has 0 radical (unpaired) electrons. The average Bonchev–Trinajstić information content (AvgIpc) is 2.68. The van der Waals surface area contributed by atoms with Gasteiger partial charge in [-0.25, -0.2) is 17.2 Å². The largest absolute Gasteiger partial charge is 0.456 e. The molecule has 0 spiro atoms. The van der Waals surface area contributed by atoms with Crippen molar-refractivity contribution in [3.8, 4) is 0 Å². The van der Waals surface area contributed by atoms with Crippen LogP contribution in [0.15, 0.2) is 47.4 Å². The molecule has 1 aliphatic rings. The van der Waals surface area contributed by atoms with Gasteiger partial charge in [-0.3, -0.25) is 4.72 Å². The SMILES string of the molecule is O=S(=O)(c1ccc(Cl)cc1)[C@]1(c2cc(F)ccc2F)CC[C@H](NSC(F)(F)F)CC1. The summed E-state index contributed by atoms with van der Waals surface area (Å²) in [6, 6.07) is 7.26. The number of halogens is 6. The van der Waals surface area contributed by atoms with Gasteiger partial charge in [0, 0.05) is 28.6 Å². The van der Waals surface area contributed by atoms with E-state index in [2.05, 4.69) is 4.72 Å². The van der Waals surface area contributed by atoms with Gasteiger partial charge in [0.25, 0.3) is 0 Å². The molecule has 0 unspecified atom stereocenters. The van der Waals surface area contributed by atoms with E-state index in [9.17, 15) is 30.4 Å². The fourth-order valence-corrected chi connectivity index (χ4v) is 6.55. The summed E-state index contributed by atoms with van der Waals surface area (Å²) in [6.45, 7) is 0. The summed E-state index contributed by atoms with van der Waals surface area (Å²) in [7, 11) is -4.22. The van der Waals surface area contributed by atoms with E-state index in [1.807, 2.05) is 0 Å². The van der Waals surface area contributed by atoms with E-state index in [0.29, 0.717) is 5.02 Å². The standard InChI is InChI=1S/C19H17ClF5NO2S2/c20-12-1-4-15(5-2-12)30(27,28)18(16-11-13(21)3-6-17(16)22)9-7-14(8-10-18)26-29-19(23,24)25/h1-6,11,14,26H,7-10H2/t14-,18+. The Morgan fingerprint density at radius 3 is 2.20 bits per heavy atom. The van der Waals surface area contributed by atoms with Crippen molar-refractivity contribution < 1.29 is 30.4 Å². The molecule has 0 bridgehead atoms. The second-order valence-corrected chi connectivity index (χ2v) is 10.6. The maximum absolute atomic E-state index is 14.7. The maximum Gasteiger partial charge on any atom is 0.456 e. The molecule has 0 amide bonds. The summed E-state index contributed by atoms with van der Waals surface area (Å²) < 4.78 is 93.6. The zero-order chi connectivity index (χ0) is 22.2. The third-order valence-corrected chi connectivity index (χ3v) is 8.68. The number of nitrogens with one attached hydrogen (secondary N) is 1. The number of sulfone groups is 1. The monoisotopic (exact) mass is 485 g/mol. The van der Waals surface area contributed by atoms with Gasteiger partial charge in [0.2, 0.25) is 0 Å². The molecule has 164 valence electrons. The van der Waals surface area contributed by atoms with Gasteiger partial charge in [-0.1, -0.05) is 11.6 Å². The van der Waals surface area contributed by atoms with E-state index in [1.165, 1.54) is 24.3 Å². The molecule has 2 aromatic carbocycles. The highest BCUT2D eigenvalue weighted by atomic mass is 35.5. The van der Waals surface area contributed by atoms with Crippen molar-refractivity contribution in [2.24, 2.45) is 0 Å². The molecule has 30 heavy (non-hydrogen) atoms. The van der Waals surface area contributed by atoms with Gasteiger partial charge in [-0.15, -0.1) is 0 Å². The Labute approximate surface area is 180 Å². The molecule has 3 nitrogen and oxygen atoms in total. The highest BCUT2D eigenvalue weighted by molar-refractivity contribution is 7.98. The summed E-state index contributed by atoms with van der Waals surface area (Å²) in [5.74, 6) is -1.69. The Kier molecular flexibility index (Phi) is 6.71. The van der Waals surface area contributed by atoms with Crippen LogP contribution < -0.4 is 4.72 Å². The summed E-state index contributed by atoms with van der Waals surface area (Å²) in [4.78, 5) is -0.119. The van der Waals surface area contributed by atoms with Crippen LogP contribution in [0.25, 0.3) is 0 Å². The van der Waals surface area contributed by atoms with Gasteiger partial charge in [0.05, 0.1) is 4.90 Å². The Morgan fingerprint density at radius 2 is 1.63 bits per heavy atom. The molecule has 2 aromatic rings. The number of alkyl halides is 3. The molecular weight excluding hydrogens is 469 g/mol. The zero-order valence-electron chi connectivity index (χ0n) is 15.3. The van der Waals surface area contributed by atoms with Crippen LogP contribution in [0.4, 0.5) is 22.0 Å². The molecule has 1 saturated carbocycles. The molecule has 3 rings (SSSR count). The van der Waals surface area contributed by atoms with Gasteiger partial charge in [-0.05, 0) is 68.1 Å². The van der Waals surface area contributed by atoms with Crippen molar-refractivity contribution in [3.63, 3.8) is 0 Å². The number of benzene rings is 2. The van der Waals surface area contributed by atoms with E-state index in [-0.39, 0.29) is 36.1 Å². The Morgan fingerprint density at radius 1 is 1.03 bits per heavy atom. The van der Waals surface area contributed by atoms with Crippen LogP contribution in [-0.2, 0) is 14.6 Å². The lowest BCUT2D eigenvalue weighted by Crippen LogP contribution is -2.44. The van der Waals surface area contributed by atoms with Crippen molar-refractivity contribution in [1.29, 1.82) is 0 Å². The summed E-state index contributed by atoms with van der Waals surface area (Å²) in [5.41, 5.74) is -4.81. The minimum atomic E-state index is -4.49. The third kappa shape index (κ3) is 4.76. The average molecular weight is 486 g/mol. The molecule has 0 aliphatic heterocycles. The highest BCUT2D eigenvalue weighted by Gasteiger charge is 2.50. The van der Waals surface area contributed by atoms with Crippen LogP contribution >= 0.6 is 23.5 Å². The molecule has 1 aliphatic carbocycles. The predicted octanol–water partition coefficient (Wildman–Crippen LogP) is 5.99. The van der Waals surface area contributed by atoms with Gasteiger partial charge in [0.1, 0.15) is 16.4 Å². The fraction of sp³-hybridized carbons (Fsp3) is 0.368. The molecule has 1 N–H and O–H groups in total. The second-order valence-electron chi connectivity index (χ2n) is 7.02. The van der Waals surface area contributed by atoms with Crippen LogP contribution in [0.1, 0.15) is 31.2 Å². The first-order valence-electron chi connectivity index (χ1n) is 8.91. The first-order chi connectivity index (χ1) is 13.9.